The summed E-state index contributed by atoms with van der Waals surface area (Å²) in [7, 11) is 0. The smallest absolute Gasteiger partial charge is 0.154 e. The van der Waals surface area contributed by atoms with Gasteiger partial charge in [-0.2, -0.15) is 0 Å². The van der Waals surface area contributed by atoms with Gasteiger partial charge in [0.1, 0.15) is 11.6 Å². The zero-order chi connectivity index (χ0) is 18.8. The van der Waals surface area contributed by atoms with E-state index >= 15 is 0 Å². The highest BCUT2D eigenvalue weighted by molar-refractivity contribution is 6.31. The molecule has 7 heteroatoms. The Morgan fingerprint density at radius 2 is 1.96 bits per heavy atom. The number of aryl methyl sites for hydroxylation is 1. The van der Waals surface area contributed by atoms with Crippen LogP contribution in [0.15, 0.2) is 54.9 Å². The first-order valence-electron chi connectivity index (χ1n) is 8.56. The van der Waals surface area contributed by atoms with Crippen molar-refractivity contribution in [2.75, 3.05) is 11.9 Å². The average molecular weight is 382 g/mol. The molecule has 4 aromatic rings. The van der Waals surface area contributed by atoms with Gasteiger partial charge in [-0.15, -0.1) is 5.10 Å². The van der Waals surface area contributed by atoms with Crippen LogP contribution in [0, 0.1) is 12.7 Å². The van der Waals surface area contributed by atoms with Crippen LogP contribution >= 0.6 is 11.6 Å². The highest BCUT2D eigenvalue weighted by Crippen LogP contribution is 2.25. The van der Waals surface area contributed by atoms with Crippen molar-refractivity contribution >= 4 is 23.1 Å². The van der Waals surface area contributed by atoms with Gasteiger partial charge in [0, 0.05) is 30.4 Å². The molecule has 0 radical (unpaired) electrons. The van der Waals surface area contributed by atoms with Crippen LogP contribution in [-0.2, 0) is 6.42 Å². The number of hydrogen-bond acceptors (Lipinski definition) is 4. The molecule has 1 aromatic carbocycles. The Balaban J connectivity index is 1.54. The normalized spacial score (nSPS) is 11.1. The lowest BCUT2D eigenvalue weighted by Gasteiger charge is -2.07. The standard InChI is InChI=1S/C20H17ClFN5/c1-13-2-4-15(24-11-13)8-9-23-19-6-7-20-25-12-18(27(20)26-19)14-3-5-17(22)16(21)10-14/h2-7,10-12H,8-9H2,1H3,(H,23,26). The van der Waals surface area contributed by atoms with Crippen LogP contribution in [0.1, 0.15) is 11.3 Å². The van der Waals surface area contributed by atoms with E-state index in [1.54, 1.807) is 22.8 Å². The summed E-state index contributed by atoms with van der Waals surface area (Å²) >= 11 is 5.91. The molecule has 27 heavy (non-hydrogen) atoms. The zero-order valence-electron chi connectivity index (χ0n) is 14.7. The molecule has 0 saturated heterocycles. The monoisotopic (exact) mass is 381 g/mol. The molecule has 0 atom stereocenters. The number of benzene rings is 1. The summed E-state index contributed by atoms with van der Waals surface area (Å²) in [5.74, 6) is 0.274. The molecule has 0 aliphatic heterocycles. The summed E-state index contributed by atoms with van der Waals surface area (Å²) in [4.78, 5) is 8.75. The molecule has 0 fully saturated rings. The third-order valence-electron chi connectivity index (χ3n) is 4.24. The highest BCUT2D eigenvalue weighted by atomic mass is 35.5. The van der Waals surface area contributed by atoms with Crippen LogP contribution in [0.3, 0.4) is 0 Å². The van der Waals surface area contributed by atoms with E-state index in [1.165, 1.54) is 6.07 Å². The fourth-order valence-corrected chi connectivity index (χ4v) is 2.97. The molecule has 136 valence electrons. The quantitative estimate of drug-likeness (QED) is 0.551. The Morgan fingerprint density at radius 3 is 2.74 bits per heavy atom. The molecular weight excluding hydrogens is 365 g/mol. The van der Waals surface area contributed by atoms with Gasteiger partial charge >= 0.3 is 0 Å². The third-order valence-corrected chi connectivity index (χ3v) is 4.53. The van der Waals surface area contributed by atoms with E-state index in [1.807, 2.05) is 31.3 Å². The topological polar surface area (TPSA) is 55.1 Å². The van der Waals surface area contributed by atoms with Crippen molar-refractivity contribution < 1.29 is 4.39 Å². The number of pyridine rings is 1. The number of aromatic nitrogens is 4. The summed E-state index contributed by atoms with van der Waals surface area (Å²) in [6.45, 7) is 2.73. The van der Waals surface area contributed by atoms with Crippen molar-refractivity contribution in [2.45, 2.75) is 13.3 Å². The first-order valence-corrected chi connectivity index (χ1v) is 8.93. The summed E-state index contributed by atoms with van der Waals surface area (Å²) in [6.07, 6.45) is 4.36. The molecule has 0 aliphatic rings. The van der Waals surface area contributed by atoms with Gasteiger partial charge in [-0.3, -0.25) is 4.98 Å². The zero-order valence-corrected chi connectivity index (χ0v) is 15.4. The molecule has 3 heterocycles. The van der Waals surface area contributed by atoms with E-state index in [4.69, 9.17) is 11.6 Å². The lowest BCUT2D eigenvalue weighted by molar-refractivity contribution is 0.628. The number of hydrogen-bond donors (Lipinski definition) is 1. The molecule has 0 spiro atoms. The fourth-order valence-electron chi connectivity index (χ4n) is 2.78. The van der Waals surface area contributed by atoms with Crippen molar-refractivity contribution in [3.05, 3.63) is 77.0 Å². The number of nitrogens with zero attached hydrogens (tertiary/aromatic N) is 4. The van der Waals surface area contributed by atoms with Gasteiger partial charge in [0.25, 0.3) is 0 Å². The first kappa shape index (κ1) is 17.4. The lowest BCUT2D eigenvalue weighted by Crippen LogP contribution is -2.09. The van der Waals surface area contributed by atoms with Crippen LogP contribution in [-0.4, -0.2) is 26.1 Å². The molecule has 1 N–H and O–H groups in total. The Kier molecular flexibility index (Phi) is 4.73. The van der Waals surface area contributed by atoms with Crippen LogP contribution in [0.2, 0.25) is 5.02 Å². The van der Waals surface area contributed by atoms with Crippen molar-refractivity contribution in [2.24, 2.45) is 0 Å². The van der Waals surface area contributed by atoms with Crippen molar-refractivity contribution in [3.8, 4) is 11.3 Å². The second kappa shape index (κ2) is 7.32. The molecule has 5 nitrogen and oxygen atoms in total. The molecule has 0 aliphatic carbocycles. The minimum Gasteiger partial charge on any atom is -0.368 e. The molecule has 0 saturated carbocycles. The van der Waals surface area contributed by atoms with Crippen LogP contribution in [0.4, 0.5) is 10.2 Å². The Labute approximate surface area is 160 Å². The summed E-state index contributed by atoms with van der Waals surface area (Å²) in [6, 6.07) is 12.4. The first-order chi connectivity index (χ1) is 13.1. The largest absolute Gasteiger partial charge is 0.368 e. The predicted molar refractivity (Wildman–Crippen MR) is 105 cm³/mol. The fraction of sp³-hybridized carbons (Fsp3) is 0.150. The summed E-state index contributed by atoms with van der Waals surface area (Å²) in [5, 5.41) is 7.97. The Morgan fingerprint density at radius 1 is 1.07 bits per heavy atom. The lowest BCUT2D eigenvalue weighted by atomic mass is 10.2. The average Bonchev–Trinajstić information content (AvgIpc) is 3.09. The van der Waals surface area contributed by atoms with Gasteiger partial charge in [-0.1, -0.05) is 17.7 Å². The van der Waals surface area contributed by atoms with E-state index in [9.17, 15) is 4.39 Å². The van der Waals surface area contributed by atoms with E-state index in [0.29, 0.717) is 12.2 Å². The van der Waals surface area contributed by atoms with E-state index in [2.05, 4.69) is 26.4 Å². The van der Waals surface area contributed by atoms with Gasteiger partial charge in [0.05, 0.1) is 16.9 Å². The number of fused-ring (bicyclic) bond motifs is 1. The van der Waals surface area contributed by atoms with E-state index < -0.39 is 5.82 Å². The minimum absolute atomic E-state index is 0.0716. The number of halogens is 2. The second-order valence-corrected chi connectivity index (χ2v) is 6.67. The molecule has 4 rings (SSSR count). The van der Waals surface area contributed by atoms with Crippen molar-refractivity contribution in [1.29, 1.82) is 0 Å². The van der Waals surface area contributed by atoms with E-state index in [-0.39, 0.29) is 5.02 Å². The minimum atomic E-state index is -0.450. The number of nitrogens with one attached hydrogen (secondary N) is 1. The molecule has 0 unspecified atom stereocenters. The van der Waals surface area contributed by atoms with Crippen molar-refractivity contribution in [1.82, 2.24) is 19.6 Å². The predicted octanol–water partition coefficient (Wildman–Crippen LogP) is 4.55. The van der Waals surface area contributed by atoms with E-state index in [0.717, 1.165) is 34.8 Å². The van der Waals surface area contributed by atoms with Gasteiger partial charge in [-0.25, -0.2) is 13.9 Å². The number of imidazole rings is 1. The summed E-state index contributed by atoms with van der Waals surface area (Å²) < 4.78 is 15.2. The maximum Gasteiger partial charge on any atom is 0.154 e. The van der Waals surface area contributed by atoms with Gasteiger partial charge in [0.15, 0.2) is 5.65 Å². The van der Waals surface area contributed by atoms with Gasteiger partial charge < -0.3 is 5.32 Å². The summed E-state index contributed by atoms with van der Waals surface area (Å²) in [5.41, 5.74) is 4.38. The second-order valence-electron chi connectivity index (χ2n) is 6.26. The maximum absolute atomic E-state index is 13.4. The molecule has 0 bridgehead atoms. The van der Waals surface area contributed by atoms with Gasteiger partial charge in [-0.05, 0) is 48.9 Å². The SMILES string of the molecule is Cc1ccc(CCNc2ccc3ncc(-c4ccc(F)c(Cl)c4)n3n2)nc1. The van der Waals surface area contributed by atoms with Gasteiger partial charge in [0.2, 0.25) is 0 Å². The molecular formula is C20H17ClFN5. The maximum atomic E-state index is 13.4. The Hall–Kier alpha value is -2.99. The van der Waals surface area contributed by atoms with Crippen LogP contribution in [0.5, 0.6) is 0 Å². The molecule has 0 amide bonds. The van der Waals surface area contributed by atoms with Crippen LogP contribution in [0.25, 0.3) is 16.9 Å². The Bertz CT molecular complexity index is 1090. The number of rotatable bonds is 5. The van der Waals surface area contributed by atoms with Crippen LogP contribution < -0.4 is 5.32 Å². The molecule has 3 aromatic heterocycles. The van der Waals surface area contributed by atoms with Crippen molar-refractivity contribution in [3.63, 3.8) is 0 Å². The highest BCUT2D eigenvalue weighted by Gasteiger charge is 2.10. The number of anilines is 1. The third kappa shape index (κ3) is 3.75.